The molecule has 3 aromatic carbocycles. The van der Waals surface area contributed by atoms with E-state index in [-0.39, 0.29) is 11.9 Å². The predicted octanol–water partition coefficient (Wildman–Crippen LogP) is 6.54. The van der Waals surface area contributed by atoms with Crippen LogP contribution in [0.3, 0.4) is 0 Å². The van der Waals surface area contributed by atoms with Gasteiger partial charge in [0.25, 0.3) is 5.89 Å². The van der Waals surface area contributed by atoms with Gasteiger partial charge in [-0.1, -0.05) is 41.1 Å². The Bertz CT molecular complexity index is 1490. The van der Waals surface area contributed by atoms with Crippen LogP contribution in [0.2, 0.25) is 0 Å². The molecule has 2 aliphatic rings. The SMILES string of the molecule is CC1=C(c2nc(-c3ccc(F)cc3)no2)C(c2ccc(C)cc2)NC(=S)N1c1ccc2c(c1)CCC2. The molecule has 1 aliphatic carbocycles. The van der Waals surface area contributed by atoms with Gasteiger partial charge < -0.3 is 9.84 Å². The Labute approximate surface area is 214 Å². The predicted molar refractivity (Wildman–Crippen MR) is 143 cm³/mol. The number of benzene rings is 3. The minimum absolute atomic E-state index is 0.259. The van der Waals surface area contributed by atoms with Crippen LogP contribution in [0.5, 0.6) is 0 Å². The maximum absolute atomic E-state index is 13.4. The molecule has 7 heteroatoms. The number of hydrogen-bond donors (Lipinski definition) is 1. The van der Waals surface area contributed by atoms with Gasteiger partial charge in [0.05, 0.1) is 11.6 Å². The van der Waals surface area contributed by atoms with E-state index in [0.29, 0.717) is 22.4 Å². The summed E-state index contributed by atoms with van der Waals surface area (Å²) in [5.41, 5.74) is 8.50. The molecule has 180 valence electrons. The van der Waals surface area contributed by atoms with Gasteiger partial charge in [-0.25, -0.2) is 4.39 Å². The number of rotatable bonds is 4. The van der Waals surface area contributed by atoms with Crippen LogP contribution in [-0.2, 0) is 12.8 Å². The molecule has 0 fully saturated rings. The molecule has 0 saturated carbocycles. The lowest BCUT2D eigenvalue weighted by molar-refractivity contribution is 0.404. The number of nitrogens with zero attached hydrogens (tertiary/aromatic N) is 3. The third-order valence-electron chi connectivity index (χ3n) is 6.99. The highest BCUT2D eigenvalue weighted by Crippen LogP contribution is 2.40. The number of fused-ring (bicyclic) bond motifs is 1. The first-order chi connectivity index (χ1) is 17.5. The molecule has 1 unspecified atom stereocenters. The molecule has 1 aromatic heterocycles. The lowest BCUT2D eigenvalue weighted by Gasteiger charge is -2.37. The number of aryl methyl sites for hydroxylation is 3. The van der Waals surface area contributed by atoms with Gasteiger partial charge in [-0.3, -0.25) is 4.90 Å². The van der Waals surface area contributed by atoms with E-state index in [1.807, 2.05) is 6.92 Å². The average molecular weight is 497 g/mol. The summed E-state index contributed by atoms with van der Waals surface area (Å²) in [6.45, 7) is 4.10. The summed E-state index contributed by atoms with van der Waals surface area (Å²) in [6, 6.07) is 20.7. The molecule has 6 rings (SSSR count). The molecule has 5 nitrogen and oxygen atoms in total. The molecule has 1 aliphatic heterocycles. The normalized spacial score (nSPS) is 17.4. The zero-order valence-electron chi connectivity index (χ0n) is 20.1. The Hall–Kier alpha value is -3.84. The summed E-state index contributed by atoms with van der Waals surface area (Å²) in [6.07, 6.45) is 3.40. The topological polar surface area (TPSA) is 54.2 Å². The first-order valence-electron chi connectivity index (χ1n) is 12.1. The van der Waals surface area contributed by atoms with Crippen LogP contribution in [0, 0.1) is 12.7 Å². The number of hydrogen-bond acceptors (Lipinski definition) is 4. The summed E-state index contributed by atoms with van der Waals surface area (Å²) >= 11 is 5.89. The molecule has 2 heterocycles. The smallest absolute Gasteiger partial charge is 0.258 e. The number of aromatic nitrogens is 2. The maximum Gasteiger partial charge on any atom is 0.258 e. The minimum Gasteiger partial charge on any atom is -0.351 e. The Morgan fingerprint density at radius 3 is 2.50 bits per heavy atom. The minimum atomic E-state index is -0.310. The molecule has 0 saturated heterocycles. The molecule has 1 atom stereocenters. The summed E-state index contributed by atoms with van der Waals surface area (Å²) < 4.78 is 19.2. The van der Waals surface area contributed by atoms with Crippen molar-refractivity contribution >= 4 is 28.6 Å². The number of thiocarbonyl (C=S) groups is 1. The van der Waals surface area contributed by atoms with Gasteiger partial charge in [0, 0.05) is 16.9 Å². The van der Waals surface area contributed by atoms with Gasteiger partial charge in [0.1, 0.15) is 5.82 Å². The van der Waals surface area contributed by atoms with Crippen molar-refractivity contribution in [1.29, 1.82) is 0 Å². The van der Waals surface area contributed by atoms with Crippen LogP contribution < -0.4 is 10.2 Å². The van der Waals surface area contributed by atoms with Crippen molar-refractivity contribution in [3.05, 3.63) is 106 Å². The molecule has 36 heavy (non-hydrogen) atoms. The third kappa shape index (κ3) is 3.99. The number of halogens is 1. The van der Waals surface area contributed by atoms with Crippen LogP contribution in [0.15, 0.2) is 77.0 Å². The van der Waals surface area contributed by atoms with Crippen molar-refractivity contribution in [2.75, 3.05) is 4.90 Å². The summed E-state index contributed by atoms with van der Waals surface area (Å²) in [7, 11) is 0. The second-order valence-corrected chi connectivity index (χ2v) is 9.75. The fourth-order valence-corrected chi connectivity index (χ4v) is 5.45. The molecule has 0 amide bonds. The van der Waals surface area contributed by atoms with Crippen molar-refractivity contribution in [1.82, 2.24) is 15.5 Å². The molecule has 4 aromatic rings. The molecular weight excluding hydrogens is 471 g/mol. The van der Waals surface area contributed by atoms with E-state index >= 15 is 0 Å². The molecule has 0 bridgehead atoms. The van der Waals surface area contributed by atoms with Gasteiger partial charge in [-0.05, 0) is 98.4 Å². The van der Waals surface area contributed by atoms with Crippen LogP contribution >= 0.6 is 12.2 Å². The van der Waals surface area contributed by atoms with E-state index in [0.717, 1.165) is 35.4 Å². The van der Waals surface area contributed by atoms with Gasteiger partial charge in [-0.15, -0.1) is 0 Å². The van der Waals surface area contributed by atoms with Crippen molar-refractivity contribution in [2.24, 2.45) is 0 Å². The van der Waals surface area contributed by atoms with Gasteiger partial charge in [-0.2, -0.15) is 4.98 Å². The lowest BCUT2D eigenvalue weighted by Crippen LogP contribution is -2.46. The van der Waals surface area contributed by atoms with Crippen LogP contribution in [0.4, 0.5) is 10.1 Å². The third-order valence-corrected chi connectivity index (χ3v) is 7.30. The summed E-state index contributed by atoms with van der Waals surface area (Å²) in [5, 5.41) is 8.36. The van der Waals surface area contributed by atoms with E-state index in [9.17, 15) is 4.39 Å². The van der Waals surface area contributed by atoms with Gasteiger partial charge >= 0.3 is 0 Å². The Kier molecular flexibility index (Phi) is 5.64. The van der Waals surface area contributed by atoms with Crippen molar-refractivity contribution in [3.63, 3.8) is 0 Å². The van der Waals surface area contributed by atoms with E-state index in [2.05, 4.69) is 64.8 Å². The van der Waals surface area contributed by atoms with E-state index in [1.54, 1.807) is 12.1 Å². The molecule has 0 radical (unpaired) electrons. The molecule has 1 N–H and O–H groups in total. The zero-order chi connectivity index (χ0) is 24.8. The average Bonchev–Trinajstić information content (AvgIpc) is 3.54. The van der Waals surface area contributed by atoms with E-state index in [1.165, 1.54) is 35.2 Å². The number of anilines is 1. The highest BCUT2D eigenvalue weighted by Gasteiger charge is 2.35. The van der Waals surface area contributed by atoms with Crippen molar-refractivity contribution < 1.29 is 8.91 Å². The second kappa shape index (κ2) is 8.99. The fourth-order valence-electron chi connectivity index (χ4n) is 5.09. The van der Waals surface area contributed by atoms with Crippen LogP contribution in [0.1, 0.15) is 47.5 Å². The van der Waals surface area contributed by atoms with E-state index < -0.39 is 0 Å². The van der Waals surface area contributed by atoms with Crippen molar-refractivity contribution in [3.8, 4) is 11.4 Å². The number of allylic oxidation sites excluding steroid dienone is 1. The highest BCUT2D eigenvalue weighted by atomic mass is 32.1. The standard InChI is InChI=1S/C29H25FN4OS/c1-17-6-8-20(9-7-17)26-25(28-32-27(33-35-28)21-10-13-23(30)14-11-21)18(2)34(29(36)31-26)24-15-12-19-4-3-5-22(19)16-24/h6-16,26H,3-5H2,1-2H3,(H,31,36). The first-order valence-corrected chi connectivity index (χ1v) is 12.5. The fraction of sp³-hybridized carbons (Fsp3) is 0.207. The Morgan fingerprint density at radius 2 is 1.72 bits per heavy atom. The summed E-state index contributed by atoms with van der Waals surface area (Å²) in [5.74, 6) is 0.499. The largest absolute Gasteiger partial charge is 0.351 e. The Morgan fingerprint density at radius 1 is 0.972 bits per heavy atom. The molecule has 0 spiro atoms. The van der Waals surface area contributed by atoms with E-state index in [4.69, 9.17) is 21.7 Å². The lowest BCUT2D eigenvalue weighted by atomic mass is 9.94. The monoisotopic (exact) mass is 496 g/mol. The van der Waals surface area contributed by atoms with Gasteiger partial charge in [0.2, 0.25) is 5.82 Å². The quantitative estimate of drug-likeness (QED) is 0.324. The second-order valence-electron chi connectivity index (χ2n) is 9.36. The molecular formula is C29H25FN4OS. The highest BCUT2D eigenvalue weighted by molar-refractivity contribution is 7.80. The first kappa shape index (κ1) is 22.6. The number of nitrogens with one attached hydrogen (secondary N) is 1. The maximum atomic E-state index is 13.4. The van der Waals surface area contributed by atoms with Crippen LogP contribution in [-0.4, -0.2) is 15.3 Å². The zero-order valence-corrected chi connectivity index (χ0v) is 20.9. The van der Waals surface area contributed by atoms with Crippen molar-refractivity contribution in [2.45, 2.75) is 39.2 Å². The van der Waals surface area contributed by atoms with Crippen LogP contribution in [0.25, 0.3) is 17.0 Å². The van der Waals surface area contributed by atoms with Gasteiger partial charge in [0.15, 0.2) is 5.11 Å². The Balaban J connectivity index is 1.48. The summed E-state index contributed by atoms with van der Waals surface area (Å²) in [4.78, 5) is 6.77.